The van der Waals surface area contributed by atoms with Crippen LogP contribution in [0.2, 0.25) is 5.02 Å². The van der Waals surface area contributed by atoms with Crippen molar-refractivity contribution in [2.75, 3.05) is 11.1 Å². The van der Waals surface area contributed by atoms with Crippen LogP contribution in [0.1, 0.15) is 11.1 Å². The molecular formula is C14H14ClFN2. The molecule has 0 amide bonds. The van der Waals surface area contributed by atoms with Crippen LogP contribution in [-0.2, 0) is 6.54 Å². The molecule has 0 radical (unpaired) electrons. The highest BCUT2D eigenvalue weighted by Gasteiger charge is 2.03. The highest BCUT2D eigenvalue weighted by atomic mass is 35.5. The van der Waals surface area contributed by atoms with E-state index in [1.54, 1.807) is 18.2 Å². The van der Waals surface area contributed by atoms with Crippen LogP contribution in [0, 0.1) is 12.7 Å². The molecule has 2 nitrogen and oxygen atoms in total. The van der Waals surface area contributed by atoms with Crippen LogP contribution in [0.4, 0.5) is 15.8 Å². The summed E-state index contributed by atoms with van der Waals surface area (Å²) >= 11 is 5.97. The first-order valence-corrected chi connectivity index (χ1v) is 5.98. The van der Waals surface area contributed by atoms with Crippen molar-refractivity contribution >= 4 is 23.0 Å². The molecular weight excluding hydrogens is 251 g/mol. The predicted molar refractivity (Wildman–Crippen MR) is 74.3 cm³/mol. The van der Waals surface area contributed by atoms with E-state index < -0.39 is 0 Å². The minimum absolute atomic E-state index is 0.231. The molecule has 0 saturated heterocycles. The lowest BCUT2D eigenvalue weighted by Crippen LogP contribution is -2.02. The van der Waals surface area contributed by atoms with E-state index in [1.807, 2.05) is 13.0 Å². The van der Waals surface area contributed by atoms with E-state index in [2.05, 4.69) is 5.32 Å². The third kappa shape index (κ3) is 2.93. The second-order valence-electron chi connectivity index (χ2n) is 4.17. The summed E-state index contributed by atoms with van der Waals surface area (Å²) in [6.45, 7) is 2.57. The second-order valence-corrected chi connectivity index (χ2v) is 4.58. The second kappa shape index (κ2) is 5.27. The molecule has 94 valence electrons. The third-order valence-corrected chi connectivity index (χ3v) is 3.07. The number of halogens is 2. The fourth-order valence-corrected chi connectivity index (χ4v) is 1.86. The molecule has 0 unspecified atom stereocenters. The predicted octanol–water partition coefficient (Wildman–Crippen LogP) is 3.98. The third-order valence-electron chi connectivity index (χ3n) is 2.74. The van der Waals surface area contributed by atoms with Crippen LogP contribution >= 0.6 is 11.6 Å². The van der Waals surface area contributed by atoms with Gasteiger partial charge >= 0.3 is 0 Å². The van der Waals surface area contributed by atoms with Crippen molar-refractivity contribution in [1.82, 2.24) is 0 Å². The molecule has 2 rings (SSSR count). The Morgan fingerprint density at radius 2 is 1.89 bits per heavy atom. The van der Waals surface area contributed by atoms with E-state index in [0.717, 1.165) is 16.8 Å². The summed E-state index contributed by atoms with van der Waals surface area (Å²) in [4.78, 5) is 0. The van der Waals surface area contributed by atoms with Gasteiger partial charge in [-0.25, -0.2) is 4.39 Å². The van der Waals surface area contributed by atoms with E-state index in [9.17, 15) is 4.39 Å². The molecule has 3 N–H and O–H groups in total. The van der Waals surface area contributed by atoms with Crippen LogP contribution in [0.5, 0.6) is 0 Å². The maximum atomic E-state index is 12.8. The zero-order chi connectivity index (χ0) is 13.1. The van der Waals surface area contributed by atoms with E-state index in [-0.39, 0.29) is 5.82 Å². The highest BCUT2D eigenvalue weighted by Crippen LogP contribution is 2.26. The summed E-state index contributed by atoms with van der Waals surface area (Å²) in [7, 11) is 0. The number of aryl methyl sites for hydroxylation is 1. The van der Waals surface area contributed by atoms with Crippen molar-refractivity contribution in [3.8, 4) is 0 Å². The number of nitrogens with two attached hydrogens (primary N) is 1. The Hall–Kier alpha value is -1.74. The van der Waals surface area contributed by atoms with Gasteiger partial charge in [0.25, 0.3) is 0 Å². The van der Waals surface area contributed by atoms with Gasteiger partial charge in [0.05, 0.1) is 10.7 Å². The summed E-state index contributed by atoms with van der Waals surface area (Å²) in [5.74, 6) is -0.231. The maximum absolute atomic E-state index is 12.8. The number of anilines is 2. The first-order chi connectivity index (χ1) is 8.56. The van der Waals surface area contributed by atoms with Crippen LogP contribution in [-0.4, -0.2) is 0 Å². The molecule has 0 aliphatic heterocycles. The van der Waals surface area contributed by atoms with Crippen LogP contribution in [0.3, 0.4) is 0 Å². The number of hydrogen-bond acceptors (Lipinski definition) is 2. The zero-order valence-electron chi connectivity index (χ0n) is 10.0. The number of benzene rings is 2. The average molecular weight is 265 g/mol. The van der Waals surface area contributed by atoms with Crippen molar-refractivity contribution < 1.29 is 4.39 Å². The fourth-order valence-electron chi connectivity index (χ4n) is 1.69. The Bertz CT molecular complexity index is 552. The minimum Gasteiger partial charge on any atom is -0.398 e. The number of nitrogen functional groups attached to an aromatic ring is 1. The molecule has 0 aliphatic carbocycles. The van der Waals surface area contributed by atoms with Gasteiger partial charge in [0.1, 0.15) is 5.82 Å². The summed E-state index contributed by atoms with van der Waals surface area (Å²) in [6, 6.07) is 10.0. The van der Waals surface area contributed by atoms with E-state index >= 15 is 0 Å². The number of rotatable bonds is 3. The highest BCUT2D eigenvalue weighted by molar-refractivity contribution is 6.33. The Morgan fingerprint density at radius 1 is 1.22 bits per heavy atom. The standard InChI is InChI=1S/C14H14ClFN2/c1-9-6-13(17)12(15)7-14(9)18-8-10-2-4-11(16)5-3-10/h2-7,18H,8,17H2,1H3. The molecule has 0 saturated carbocycles. The van der Waals surface area contributed by atoms with Gasteiger partial charge in [-0.2, -0.15) is 0 Å². The quantitative estimate of drug-likeness (QED) is 0.823. The Morgan fingerprint density at radius 3 is 2.56 bits per heavy atom. The van der Waals surface area contributed by atoms with Crippen LogP contribution in [0.15, 0.2) is 36.4 Å². The molecule has 0 spiro atoms. The zero-order valence-corrected chi connectivity index (χ0v) is 10.8. The lowest BCUT2D eigenvalue weighted by atomic mass is 10.1. The van der Waals surface area contributed by atoms with Gasteiger partial charge in [0.15, 0.2) is 0 Å². The van der Waals surface area contributed by atoms with Gasteiger partial charge in [-0.3, -0.25) is 0 Å². The van der Waals surface area contributed by atoms with Crippen molar-refractivity contribution in [1.29, 1.82) is 0 Å². The average Bonchev–Trinajstić information content (AvgIpc) is 2.34. The molecule has 4 heteroatoms. The monoisotopic (exact) mass is 264 g/mol. The van der Waals surface area contributed by atoms with Gasteiger partial charge in [-0.1, -0.05) is 23.7 Å². The number of nitrogens with one attached hydrogen (secondary N) is 1. The Labute approximate surface area is 111 Å². The SMILES string of the molecule is Cc1cc(N)c(Cl)cc1NCc1ccc(F)cc1. The summed E-state index contributed by atoms with van der Waals surface area (Å²) in [6.07, 6.45) is 0. The summed E-state index contributed by atoms with van der Waals surface area (Å²) in [5.41, 5.74) is 9.24. The lowest BCUT2D eigenvalue weighted by Gasteiger charge is -2.11. The molecule has 0 atom stereocenters. The van der Waals surface area contributed by atoms with Gasteiger partial charge in [-0.05, 0) is 42.3 Å². The molecule has 0 fully saturated rings. The molecule has 0 bridgehead atoms. The fraction of sp³-hybridized carbons (Fsp3) is 0.143. The van der Waals surface area contributed by atoms with E-state index in [0.29, 0.717) is 17.3 Å². The minimum atomic E-state index is -0.231. The molecule has 2 aromatic carbocycles. The first-order valence-electron chi connectivity index (χ1n) is 5.60. The van der Waals surface area contributed by atoms with E-state index in [1.165, 1.54) is 12.1 Å². The van der Waals surface area contributed by atoms with Gasteiger partial charge in [-0.15, -0.1) is 0 Å². The Balaban J connectivity index is 2.10. The molecule has 0 aliphatic rings. The normalized spacial score (nSPS) is 10.4. The molecule has 0 heterocycles. The lowest BCUT2D eigenvalue weighted by molar-refractivity contribution is 0.627. The van der Waals surface area contributed by atoms with Gasteiger partial charge < -0.3 is 11.1 Å². The first kappa shape index (κ1) is 12.7. The largest absolute Gasteiger partial charge is 0.398 e. The number of hydrogen-bond donors (Lipinski definition) is 2. The van der Waals surface area contributed by atoms with Gasteiger partial charge in [0.2, 0.25) is 0 Å². The molecule has 18 heavy (non-hydrogen) atoms. The molecule has 2 aromatic rings. The van der Waals surface area contributed by atoms with Crippen LogP contribution < -0.4 is 11.1 Å². The van der Waals surface area contributed by atoms with Gasteiger partial charge in [0, 0.05) is 12.2 Å². The van der Waals surface area contributed by atoms with Crippen molar-refractivity contribution in [2.24, 2.45) is 0 Å². The van der Waals surface area contributed by atoms with Crippen molar-refractivity contribution in [2.45, 2.75) is 13.5 Å². The smallest absolute Gasteiger partial charge is 0.123 e. The Kier molecular flexibility index (Phi) is 3.72. The summed E-state index contributed by atoms with van der Waals surface area (Å²) in [5, 5.41) is 3.78. The van der Waals surface area contributed by atoms with E-state index in [4.69, 9.17) is 17.3 Å². The van der Waals surface area contributed by atoms with Crippen LogP contribution in [0.25, 0.3) is 0 Å². The van der Waals surface area contributed by atoms with Crippen molar-refractivity contribution in [3.63, 3.8) is 0 Å². The topological polar surface area (TPSA) is 38.0 Å². The van der Waals surface area contributed by atoms with Crippen molar-refractivity contribution in [3.05, 3.63) is 58.4 Å². The molecule has 0 aromatic heterocycles. The maximum Gasteiger partial charge on any atom is 0.123 e. The summed E-state index contributed by atoms with van der Waals surface area (Å²) < 4.78 is 12.8.